The molecule has 166 valence electrons. The van der Waals surface area contributed by atoms with Crippen molar-refractivity contribution < 1.29 is 19.4 Å². The zero-order valence-corrected chi connectivity index (χ0v) is 18.6. The van der Waals surface area contributed by atoms with Gasteiger partial charge in [0.2, 0.25) is 0 Å². The average molecular weight is 417 g/mol. The van der Waals surface area contributed by atoms with Gasteiger partial charge in [0.05, 0.1) is 37.8 Å². The Bertz CT molecular complexity index is 841. The monoisotopic (exact) mass is 416 g/mol. The van der Waals surface area contributed by atoms with E-state index in [9.17, 15) is 9.90 Å². The second kappa shape index (κ2) is 10.4. The summed E-state index contributed by atoms with van der Waals surface area (Å²) in [6, 6.07) is 5.83. The van der Waals surface area contributed by atoms with Crippen molar-refractivity contribution in [3.05, 3.63) is 30.0 Å². The van der Waals surface area contributed by atoms with Crippen molar-refractivity contribution in [2.45, 2.75) is 58.1 Å². The number of benzene rings is 1. The number of carbonyl (C=O) groups is 1. The van der Waals surface area contributed by atoms with Crippen LogP contribution >= 0.6 is 0 Å². The number of ether oxygens (including phenoxy) is 2. The second-order valence-corrected chi connectivity index (χ2v) is 8.53. The molecule has 0 radical (unpaired) electrons. The highest BCUT2D eigenvalue weighted by Crippen LogP contribution is 2.32. The quantitative estimate of drug-likeness (QED) is 0.486. The number of Topliss-reactive ketones (excluding diaryl/α,β-unsaturated/α-hetero) is 1. The lowest BCUT2D eigenvalue weighted by Gasteiger charge is -2.36. The maximum Gasteiger partial charge on any atom is 0.178 e. The number of methoxy groups -OCH3 is 1. The Hall–Kier alpha value is -1.89. The van der Waals surface area contributed by atoms with E-state index in [1.807, 2.05) is 24.4 Å². The van der Waals surface area contributed by atoms with Crippen LogP contribution in [0.2, 0.25) is 0 Å². The van der Waals surface area contributed by atoms with Crippen LogP contribution in [0.25, 0.3) is 10.9 Å². The van der Waals surface area contributed by atoms with Crippen LogP contribution in [0, 0.1) is 5.92 Å². The van der Waals surface area contributed by atoms with Crippen molar-refractivity contribution in [3.63, 3.8) is 0 Å². The van der Waals surface area contributed by atoms with Gasteiger partial charge in [-0.2, -0.15) is 0 Å². The summed E-state index contributed by atoms with van der Waals surface area (Å²) in [5.74, 6) is 1.38. The number of hydrogen-bond acceptors (Lipinski definition) is 5. The number of unbranched alkanes of at least 4 members (excludes halogenated alkanes) is 1. The molecule has 6 heteroatoms. The van der Waals surface area contributed by atoms with Gasteiger partial charge in [-0.15, -0.1) is 0 Å². The van der Waals surface area contributed by atoms with E-state index < -0.39 is 5.60 Å². The minimum Gasteiger partial charge on any atom is -0.496 e. The summed E-state index contributed by atoms with van der Waals surface area (Å²) in [7, 11) is 1.63. The SMILES string of the molecule is CCCCC(CC)CNCC(=O)c1cn(CCC2(O)COC2)c2cccc(OC)c12. The Labute approximate surface area is 179 Å². The maximum atomic E-state index is 13.1. The lowest BCUT2D eigenvalue weighted by atomic mass is 9.98. The molecule has 1 fully saturated rings. The van der Waals surface area contributed by atoms with Gasteiger partial charge in [0.25, 0.3) is 0 Å². The van der Waals surface area contributed by atoms with Crippen molar-refractivity contribution in [2.75, 3.05) is 33.4 Å². The van der Waals surface area contributed by atoms with Crippen LogP contribution in [0.3, 0.4) is 0 Å². The molecule has 1 aromatic carbocycles. The van der Waals surface area contributed by atoms with Crippen LogP contribution in [-0.2, 0) is 11.3 Å². The van der Waals surface area contributed by atoms with E-state index in [1.165, 1.54) is 19.3 Å². The molecule has 1 aliphatic heterocycles. The number of fused-ring (bicyclic) bond motifs is 1. The van der Waals surface area contributed by atoms with Crippen LogP contribution < -0.4 is 10.1 Å². The molecule has 2 heterocycles. The Morgan fingerprint density at radius 1 is 1.37 bits per heavy atom. The van der Waals surface area contributed by atoms with Gasteiger partial charge in [-0.05, 0) is 37.4 Å². The predicted molar refractivity (Wildman–Crippen MR) is 119 cm³/mol. The van der Waals surface area contributed by atoms with Crippen molar-refractivity contribution in [2.24, 2.45) is 5.92 Å². The normalized spacial score (nSPS) is 16.4. The van der Waals surface area contributed by atoms with E-state index in [4.69, 9.17) is 9.47 Å². The number of aliphatic hydroxyl groups is 1. The van der Waals surface area contributed by atoms with Gasteiger partial charge >= 0.3 is 0 Å². The molecule has 1 saturated heterocycles. The summed E-state index contributed by atoms with van der Waals surface area (Å²) in [6.07, 6.45) is 7.27. The highest BCUT2D eigenvalue weighted by Gasteiger charge is 2.35. The van der Waals surface area contributed by atoms with Crippen molar-refractivity contribution >= 4 is 16.7 Å². The molecule has 2 aromatic rings. The van der Waals surface area contributed by atoms with Gasteiger partial charge in [0.15, 0.2) is 5.78 Å². The molecule has 0 bridgehead atoms. The maximum absolute atomic E-state index is 13.1. The minimum atomic E-state index is -0.755. The number of hydrogen-bond donors (Lipinski definition) is 2. The largest absolute Gasteiger partial charge is 0.496 e. The van der Waals surface area contributed by atoms with Crippen molar-refractivity contribution in [3.8, 4) is 5.75 Å². The molecular formula is C24H36N2O4. The molecule has 1 unspecified atom stereocenters. The summed E-state index contributed by atoms with van der Waals surface area (Å²) in [4.78, 5) is 13.1. The number of aryl methyl sites for hydroxylation is 1. The minimum absolute atomic E-state index is 0.0688. The third-order valence-corrected chi connectivity index (χ3v) is 6.21. The van der Waals surface area contributed by atoms with Crippen molar-refractivity contribution in [1.29, 1.82) is 0 Å². The number of nitrogens with zero attached hydrogens (tertiary/aromatic N) is 1. The standard InChI is InChI=1S/C24H36N2O4/c1-4-6-8-18(5-2)13-25-14-21(27)19-15-26(12-11-24(28)16-30-17-24)20-9-7-10-22(29-3)23(19)20/h7,9-10,15,18,25,28H,4-6,8,11-14,16-17H2,1-3H3. The lowest BCUT2D eigenvalue weighted by molar-refractivity contribution is -0.182. The molecule has 3 rings (SSSR count). The molecular weight excluding hydrogens is 380 g/mol. The van der Waals surface area contributed by atoms with Crippen LogP contribution in [0.15, 0.2) is 24.4 Å². The Morgan fingerprint density at radius 2 is 2.17 bits per heavy atom. The van der Waals surface area contributed by atoms with Gasteiger partial charge in [0.1, 0.15) is 11.4 Å². The summed E-state index contributed by atoms with van der Waals surface area (Å²) in [5, 5.41) is 14.6. The molecule has 0 amide bonds. The highest BCUT2D eigenvalue weighted by molar-refractivity contribution is 6.11. The lowest BCUT2D eigenvalue weighted by Crippen LogP contribution is -2.50. The van der Waals surface area contributed by atoms with Crippen LogP contribution in [0.5, 0.6) is 5.75 Å². The van der Waals surface area contributed by atoms with E-state index in [2.05, 4.69) is 23.7 Å². The Morgan fingerprint density at radius 3 is 2.80 bits per heavy atom. The zero-order chi connectivity index (χ0) is 21.6. The third-order valence-electron chi connectivity index (χ3n) is 6.21. The van der Waals surface area contributed by atoms with E-state index >= 15 is 0 Å². The van der Waals surface area contributed by atoms with Gasteiger partial charge in [-0.3, -0.25) is 4.79 Å². The highest BCUT2D eigenvalue weighted by atomic mass is 16.5. The molecule has 1 aromatic heterocycles. The fourth-order valence-electron chi connectivity index (χ4n) is 4.13. The van der Waals surface area contributed by atoms with E-state index in [-0.39, 0.29) is 5.78 Å². The van der Waals surface area contributed by atoms with E-state index in [0.29, 0.717) is 50.0 Å². The number of ketones is 1. The molecule has 2 N–H and O–H groups in total. The fraction of sp³-hybridized carbons (Fsp3) is 0.625. The first kappa shape index (κ1) is 22.8. The fourth-order valence-corrected chi connectivity index (χ4v) is 4.13. The molecule has 1 aliphatic rings. The number of carbonyl (C=O) groups excluding carboxylic acids is 1. The summed E-state index contributed by atoms with van der Waals surface area (Å²) in [6.45, 7) is 6.98. The summed E-state index contributed by atoms with van der Waals surface area (Å²) >= 11 is 0. The predicted octanol–water partition coefficient (Wildman–Crippen LogP) is 3.79. The third kappa shape index (κ3) is 5.23. The first-order valence-corrected chi connectivity index (χ1v) is 11.2. The zero-order valence-electron chi connectivity index (χ0n) is 18.6. The Kier molecular flexibility index (Phi) is 7.92. The van der Waals surface area contributed by atoms with Crippen LogP contribution in [0.4, 0.5) is 0 Å². The second-order valence-electron chi connectivity index (χ2n) is 8.53. The molecule has 0 spiro atoms. The van der Waals surface area contributed by atoms with Gasteiger partial charge < -0.3 is 24.5 Å². The number of nitrogens with one attached hydrogen (secondary N) is 1. The molecule has 30 heavy (non-hydrogen) atoms. The first-order chi connectivity index (χ1) is 14.5. The number of aromatic nitrogens is 1. The summed E-state index contributed by atoms with van der Waals surface area (Å²) in [5.41, 5.74) is 0.874. The van der Waals surface area contributed by atoms with E-state index in [1.54, 1.807) is 7.11 Å². The van der Waals surface area contributed by atoms with Crippen LogP contribution in [0.1, 0.15) is 56.3 Å². The average Bonchev–Trinajstić information content (AvgIpc) is 3.12. The summed E-state index contributed by atoms with van der Waals surface area (Å²) < 4.78 is 12.8. The van der Waals surface area contributed by atoms with E-state index in [0.717, 1.165) is 23.9 Å². The van der Waals surface area contributed by atoms with Gasteiger partial charge in [-0.1, -0.05) is 39.2 Å². The molecule has 6 nitrogen and oxygen atoms in total. The topological polar surface area (TPSA) is 72.7 Å². The first-order valence-electron chi connectivity index (χ1n) is 11.2. The Balaban J connectivity index is 1.74. The van der Waals surface area contributed by atoms with Gasteiger partial charge in [-0.25, -0.2) is 0 Å². The number of rotatable bonds is 13. The molecule has 0 saturated carbocycles. The van der Waals surface area contributed by atoms with Gasteiger partial charge in [0, 0.05) is 18.3 Å². The van der Waals surface area contributed by atoms with Crippen LogP contribution in [-0.4, -0.2) is 54.5 Å². The smallest absolute Gasteiger partial charge is 0.178 e. The molecule has 1 atom stereocenters. The van der Waals surface area contributed by atoms with Crippen molar-refractivity contribution in [1.82, 2.24) is 9.88 Å². The molecule has 0 aliphatic carbocycles.